The van der Waals surface area contributed by atoms with Crippen LogP contribution in [0.4, 0.5) is 0 Å². The monoisotopic (exact) mass is 362 g/mol. The van der Waals surface area contributed by atoms with Crippen LogP contribution in [0.2, 0.25) is 0 Å². The zero-order chi connectivity index (χ0) is 17.7. The Balaban J connectivity index is 2.12. The van der Waals surface area contributed by atoms with Gasteiger partial charge in [0.15, 0.2) is 0 Å². The molecule has 4 nitrogen and oxygen atoms in total. The van der Waals surface area contributed by atoms with Crippen molar-refractivity contribution in [3.8, 4) is 0 Å². The summed E-state index contributed by atoms with van der Waals surface area (Å²) in [6, 6.07) is 0. The lowest BCUT2D eigenvalue weighted by Gasteiger charge is -2.30. The van der Waals surface area contributed by atoms with Gasteiger partial charge in [-0.1, -0.05) is 65.2 Å². The minimum Gasteiger partial charge on any atom is -0.290 e. The van der Waals surface area contributed by atoms with Crippen molar-refractivity contribution >= 4 is 7.82 Å². The Kier molecular flexibility index (Phi) is 12.3. The number of rotatable bonds is 14. The Morgan fingerprint density at radius 2 is 1.50 bits per heavy atom. The van der Waals surface area contributed by atoms with E-state index in [1.54, 1.807) is 0 Å². The van der Waals surface area contributed by atoms with E-state index in [9.17, 15) is 4.57 Å². The summed E-state index contributed by atoms with van der Waals surface area (Å²) >= 11 is 0. The smallest absolute Gasteiger partial charge is 0.290 e. The van der Waals surface area contributed by atoms with Gasteiger partial charge < -0.3 is 0 Å². The Morgan fingerprint density at radius 3 is 2.08 bits per heavy atom. The molecule has 1 rings (SSSR count). The first-order valence-electron chi connectivity index (χ1n) is 10.1. The lowest BCUT2D eigenvalue weighted by atomic mass is 9.84. The second-order valence-electron chi connectivity index (χ2n) is 7.12. The van der Waals surface area contributed by atoms with Crippen LogP contribution in [0.3, 0.4) is 0 Å². The van der Waals surface area contributed by atoms with E-state index < -0.39 is 7.82 Å². The first-order chi connectivity index (χ1) is 11.6. The summed E-state index contributed by atoms with van der Waals surface area (Å²) < 4.78 is 28.3. The molecule has 5 heteroatoms. The molecule has 1 saturated carbocycles. The molecular formula is C19H39O4P. The third-order valence-corrected chi connectivity index (χ3v) is 6.47. The van der Waals surface area contributed by atoms with Gasteiger partial charge in [0, 0.05) is 7.11 Å². The van der Waals surface area contributed by atoms with Crippen LogP contribution in [-0.4, -0.2) is 19.8 Å². The number of hydrogen-bond acceptors (Lipinski definition) is 4. The molecule has 144 valence electrons. The molecule has 1 unspecified atom stereocenters. The van der Waals surface area contributed by atoms with Gasteiger partial charge in [0.05, 0.1) is 12.7 Å². The van der Waals surface area contributed by atoms with Crippen molar-refractivity contribution in [3.05, 3.63) is 0 Å². The third kappa shape index (κ3) is 9.56. The molecule has 1 atom stereocenters. The Labute approximate surface area is 149 Å². The molecule has 0 aromatic rings. The van der Waals surface area contributed by atoms with E-state index in [2.05, 4.69) is 6.92 Å². The van der Waals surface area contributed by atoms with Gasteiger partial charge >= 0.3 is 7.82 Å². The highest BCUT2D eigenvalue weighted by Crippen LogP contribution is 2.51. The van der Waals surface area contributed by atoms with Gasteiger partial charge in [-0.25, -0.2) is 4.57 Å². The van der Waals surface area contributed by atoms with Gasteiger partial charge in [0.1, 0.15) is 0 Å². The van der Waals surface area contributed by atoms with Crippen molar-refractivity contribution in [2.45, 2.75) is 103 Å². The molecule has 0 heterocycles. The van der Waals surface area contributed by atoms with Crippen LogP contribution < -0.4 is 0 Å². The highest BCUT2D eigenvalue weighted by molar-refractivity contribution is 7.48. The summed E-state index contributed by atoms with van der Waals surface area (Å²) in [5.41, 5.74) is 0. The van der Waals surface area contributed by atoms with Gasteiger partial charge in [-0.2, -0.15) is 0 Å². The molecule has 0 N–H and O–H groups in total. The Bertz CT molecular complexity index is 340. The topological polar surface area (TPSA) is 44.8 Å². The molecule has 1 aliphatic rings. The summed E-state index contributed by atoms with van der Waals surface area (Å²) in [5.74, 6) is 0.819. The highest BCUT2D eigenvalue weighted by atomic mass is 31.2. The number of phosphoric ester groups is 1. The molecule has 0 aliphatic heterocycles. The maximum Gasteiger partial charge on any atom is 0.474 e. The van der Waals surface area contributed by atoms with E-state index in [4.69, 9.17) is 13.6 Å². The van der Waals surface area contributed by atoms with Crippen LogP contribution in [0.5, 0.6) is 0 Å². The van der Waals surface area contributed by atoms with E-state index >= 15 is 0 Å². The fraction of sp³-hybridized carbons (Fsp3) is 1.00. The van der Waals surface area contributed by atoms with Crippen molar-refractivity contribution in [3.63, 3.8) is 0 Å². The van der Waals surface area contributed by atoms with Crippen molar-refractivity contribution in [1.82, 2.24) is 0 Å². The summed E-state index contributed by atoms with van der Waals surface area (Å²) in [7, 11) is -1.94. The minimum absolute atomic E-state index is 0.0259. The molecule has 0 amide bonds. The summed E-state index contributed by atoms with van der Waals surface area (Å²) in [6.07, 6.45) is 16.1. The normalized spacial score (nSPS) is 24.0. The summed E-state index contributed by atoms with van der Waals surface area (Å²) in [4.78, 5) is 0. The fourth-order valence-electron chi connectivity index (χ4n) is 3.43. The molecule has 1 fully saturated rings. The number of unbranched alkanes of at least 4 members (excludes halogenated alkanes) is 6. The molecule has 24 heavy (non-hydrogen) atoms. The molecule has 0 aromatic heterocycles. The molecule has 0 saturated heterocycles. The van der Waals surface area contributed by atoms with Crippen molar-refractivity contribution in [2.75, 3.05) is 13.7 Å². The standard InChI is InChI=1S/C19H39O4P/c1-4-6-7-8-9-10-11-12-18-13-15-19(16-14-18)23-24(20,21-3)22-17-5-2/h18-19H,4-17H2,1-3H3. The first-order valence-corrected chi connectivity index (χ1v) is 11.6. The summed E-state index contributed by atoms with van der Waals surface area (Å²) in [6.45, 7) is 4.66. The van der Waals surface area contributed by atoms with E-state index in [1.165, 1.54) is 71.3 Å². The van der Waals surface area contributed by atoms with Crippen LogP contribution in [0.15, 0.2) is 0 Å². The van der Waals surface area contributed by atoms with E-state index in [1.807, 2.05) is 6.92 Å². The first kappa shape index (κ1) is 22.2. The average molecular weight is 362 g/mol. The Morgan fingerprint density at radius 1 is 0.875 bits per heavy atom. The molecule has 1 aliphatic carbocycles. The van der Waals surface area contributed by atoms with Crippen LogP contribution in [0.25, 0.3) is 0 Å². The van der Waals surface area contributed by atoms with Crippen LogP contribution >= 0.6 is 7.82 Å². The second kappa shape index (κ2) is 13.3. The number of phosphoric acid groups is 1. The van der Waals surface area contributed by atoms with Gasteiger partial charge in [0.2, 0.25) is 0 Å². The van der Waals surface area contributed by atoms with Crippen LogP contribution in [0, 0.1) is 5.92 Å². The zero-order valence-corrected chi connectivity index (χ0v) is 17.0. The van der Waals surface area contributed by atoms with Crippen LogP contribution in [0.1, 0.15) is 97.3 Å². The van der Waals surface area contributed by atoms with Gasteiger partial charge in [-0.05, 0) is 38.0 Å². The van der Waals surface area contributed by atoms with Gasteiger partial charge in [0.25, 0.3) is 0 Å². The molecule has 0 bridgehead atoms. The van der Waals surface area contributed by atoms with Gasteiger partial charge in [-0.15, -0.1) is 0 Å². The number of hydrogen-bond donors (Lipinski definition) is 0. The van der Waals surface area contributed by atoms with Crippen molar-refractivity contribution in [1.29, 1.82) is 0 Å². The van der Waals surface area contributed by atoms with Crippen molar-refractivity contribution < 1.29 is 18.1 Å². The Hall–Kier alpha value is 0.110. The van der Waals surface area contributed by atoms with E-state index in [0.29, 0.717) is 6.61 Å². The highest BCUT2D eigenvalue weighted by Gasteiger charge is 2.31. The SMILES string of the molecule is CCCCCCCCCC1CCC(OP(=O)(OC)OCCC)CC1. The van der Waals surface area contributed by atoms with Gasteiger partial charge in [-0.3, -0.25) is 13.6 Å². The maximum absolute atomic E-state index is 12.3. The fourth-order valence-corrected chi connectivity index (χ4v) is 4.66. The predicted octanol–water partition coefficient (Wildman–Crippen LogP) is 6.88. The molecule has 0 aromatic carbocycles. The van der Waals surface area contributed by atoms with Crippen LogP contribution in [-0.2, 0) is 18.1 Å². The van der Waals surface area contributed by atoms with E-state index in [-0.39, 0.29) is 6.10 Å². The molecular weight excluding hydrogens is 323 g/mol. The molecule has 0 radical (unpaired) electrons. The quantitative estimate of drug-likeness (QED) is 0.249. The zero-order valence-electron chi connectivity index (χ0n) is 16.1. The third-order valence-electron chi connectivity index (χ3n) is 4.97. The molecule has 0 spiro atoms. The maximum atomic E-state index is 12.3. The van der Waals surface area contributed by atoms with Crippen molar-refractivity contribution in [2.24, 2.45) is 5.92 Å². The average Bonchev–Trinajstić information content (AvgIpc) is 2.60. The van der Waals surface area contributed by atoms with E-state index in [0.717, 1.165) is 25.2 Å². The lowest BCUT2D eigenvalue weighted by molar-refractivity contribution is 0.0613. The minimum atomic E-state index is -3.34. The second-order valence-corrected chi connectivity index (χ2v) is 8.85. The summed E-state index contributed by atoms with van der Waals surface area (Å²) in [5, 5.41) is 0. The lowest BCUT2D eigenvalue weighted by Crippen LogP contribution is -2.21. The largest absolute Gasteiger partial charge is 0.474 e. The predicted molar refractivity (Wildman–Crippen MR) is 100 cm³/mol.